The van der Waals surface area contributed by atoms with Crippen molar-refractivity contribution in [3.8, 4) is 0 Å². The molecule has 134 valence electrons. The van der Waals surface area contributed by atoms with E-state index in [-0.39, 0.29) is 18.2 Å². The third-order valence-corrected chi connectivity index (χ3v) is 4.84. The highest BCUT2D eigenvalue weighted by Crippen LogP contribution is 2.19. The number of thioether (sulfide) groups is 1. The van der Waals surface area contributed by atoms with Crippen molar-refractivity contribution in [3.05, 3.63) is 52.9 Å². The molecule has 1 atom stereocenters. The van der Waals surface area contributed by atoms with E-state index in [1.807, 2.05) is 44.2 Å². The molecule has 1 aromatic carbocycles. The quantitative estimate of drug-likeness (QED) is 0.712. The lowest BCUT2D eigenvalue weighted by atomic mass is 9.99. The first kappa shape index (κ1) is 19.1. The zero-order valence-corrected chi connectivity index (χ0v) is 15.1. The van der Waals surface area contributed by atoms with Crippen LogP contribution >= 0.6 is 11.8 Å². The van der Waals surface area contributed by atoms with Gasteiger partial charge in [-0.3, -0.25) is 9.59 Å². The molecule has 1 heterocycles. The molecule has 1 unspecified atom stereocenters. The standard InChI is InChI=1S/C18H22N2O4S/c1-12-16(13(2)24-20-12)10-25-11-17(21)19-9-15(18(22)23)8-14-6-4-3-5-7-14/h3-7,15H,8-11H2,1-2H3,(H,19,21)(H,22,23). The Labute approximate surface area is 151 Å². The van der Waals surface area contributed by atoms with Gasteiger partial charge in [0.15, 0.2) is 0 Å². The van der Waals surface area contributed by atoms with E-state index in [2.05, 4.69) is 10.5 Å². The normalized spacial score (nSPS) is 11.9. The van der Waals surface area contributed by atoms with E-state index in [1.165, 1.54) is 11.8 Å². The van der Waals surface area contributed by atoms with Gasteiger partial charge in [-0.15, -0.1) is 11.8 Å². The fourth-order valence-corrected chi connectivity index (χ4v) is 3.39. The highest BCUT2D eigenvalue weighted by Gasteiger charge is 2.19. The molecule has 7 heteroatoms. The summed E-state index contributed by atoms with van der Waals surface area (Å²) >= 11 is 1.45. The molecular weight excluding hydrogens is 340 g/mol. The summed E-state index contributed by atoms with van der Waals surface area (Å²) in [5.41, 5.74) is 2.78. The Morgan fingerprint density at radius 1 is 1.28 bits per heavy atom. The van der Waals surface area contributed by atoms with Crippen LogP contribution in [0, 0.1) is 19.8 Å². The predicted octanol–water partition coefficient (Wildman–Crippen LogP) is 2.58. The van der Waals surface area contributed by atoms with Gasteiger partial charge in [-0.25, -0.2) is 0 Å². The average Bonchev–Trinajstić information content (AvgIpc) is 2.91. The Morgan fingerprint density at radius 3 is 2.60 bits per heavy atom. The number of carbonyl (C=O) groups is 2. The van der Waals surface area contributed by atoms with E-state index < -0.39 is 11.9 Å². The lowest BCUT2D eigenvalue weighted by Crippen LogP contribution is -2.35. The van der Waals surface area contributed by atoms with Crippen molar-refractivity contribution in [2.45, 2.75) is 26.0 Å². The van der Waals surface area contributed by atoms with E-state index in [0.717, 1.165) is 22.6 Å². The van der Waals surface area contributed by atoms with Crippen molar-refractivity contribution in [3.63, 3.8) is 0 Å². The molecule has 1 aromatic heterocycles. The van der Waals surface area contributed by atoms with Crippen molar-refractivity contribution >= 4 is 23.6 Å². The molecule has 0 saturated carbocycles. The van der Waals surface area contributed by atoms with Crippen LogP contribution < -0.4 is 5.32 Å². The first-order valence-electron chi connectivity index (χ1n) is 8.00. The topological polar surface area (TPSA) is 92.4 Å². The molecule has 0 saturated heterocycles. The number of carboxylic acid groups (broad SMARTS) is 1. The third-order valence-electron chi connectivity index (χ3n) is 3.88. The maximum absolute atomic E-state index is 12.0. The van der Waals surface area contributed by atoms with Gasteiger partial charge in [-0.2, -0.15) is 0 Å². The maximum atomic E-state index is 12.0. The molecule has 0 aliphatic heterocycles. The number of carbonyl (C=O) groups excluding carboxylic acids is 1. The predicted molar refractivity (Wildman–Crippen MR) is 96.4 cm³/mol. The Kier molecular flexibility index (Phi) is 7.06. The lowest BCUT2D eigenvalue weighted by molar-refractivity contribution is -0.141. The van der Waals surface area contributed by atoms with Crippen LogP contribution in [0.3, 0.4) is 0 Å². The van der Waals surface area contributed by atoms with Crippen LogP contribution in [0.15, 0.2) is 34.9 Å². The highest BCUT2D eigenvalue weighted by atomic mass is 32.2. The molecule has 0 fully saturated rings. The van der Waals surface area contributed by atoms with Crippen LogP contribution in [0.25, 0.3) is 0 Å². The molecule has 2 aromatic rings. The molecule has 0 radical (unpaired) electrons. The minimum atomic E-state index is -0.910. The Morgan fingerprint density at radius 2 is 2.00 bits per heavy atom. The summed E-state index contributed by atoms with van der Waals surface area (Å²) in [6, 6.07) is 9.40. The number of carboxylic acids is 1. The van der Waals surface area contributed by atoms with Crippen LogP contribution in [-0.4, -0.2) is 34.4 Å². The van der Waals surface area contributed by atoms with Gasteiger partial charge in [0.1, 0.15) is 5.76 Å². The number of nitrogens with zero attached hydrogens (tertiary/aromatic N) is 1. The second-order valence-electron chi connectivity index (χ2n) is 5.82. The Bertz CT molecular complexity index is 696. The molecule has 1 amide bonds. The van der Waals surface area contributed by atoms with Gasteiger partial charge < -0.3 is 14.9 Å². The Hall–Kier alpha value is -2.28. The van der Waals surface area contributed by atoms with Crippen molar-refractivity contribution in [1.82, 2.24) is 10.5 Å². The molecule has 0 bridgehead atoms. The second kappa shape index (κ2) is 9.27. The van der Waals surface area contributed by atoms with Crippen molar-refractivity contribution < 1.29 is 19.2 Å². The number of nitrogens with one attached hydrogen (secondary N) is 1. The molecule has 25 heavy (non-hydrogen) atoms. The summed E-state index contributed by atoms with van der Waals surface area (Å²) < 4.78 is 5.09. The van der Waals surface area contributed by atoms with E-state index >= 15 is 0 Å². The summed E-state index contributed by atoms with van der Waals surface area (Å²) in [5.74, 6) is -0.0513. The van der Waals surface area contributed by atoms with Crippen molar-refractivity contribution in [1.29, 1.82) is 0 Å². The van der Waals surface area contributed by atoms with E-state index in [0.29, 0.717) is 12.2 Å². The number of aryl methyl sites for hydroxylation is 2. The number of amides is 1. The lowest BCUT2D eigenvalue weighted by Gasteiger charge is -2.13. The number of benzene rings is 1. The molecule has 6 nitrogen and oxygen atoms in total. The van der Waals surface area contributed by atoms with Gasteiger partial charge in [0.2, 0.25) is 5.91 Å². The first-order valence-corrected chi connectivity index (χ1v) is 9.15. The van der Waals surface area contributed by atoms with Crippen molar-refractivity contribution in [2.24, 2.45) is 5.92 Å². The van der Waals surface area contributed by atoms with E-state index in [1.54, 1.807) is 0 Å². The molecule has 2 rings (SSSR count). The molecule has 0 aliphatic carbocycles. The van der Waals surface area contributed by atoms with Crippen LogP contribution in [0.1, 0.15) is 22.6 Å². The summed E-state index contributed by atoms with van der Waals surface area (Å²) in [4.78, 5) is 23.3. The summed E-state index contributed by atoms with van der Waals surface area (Å²) in [6.07, 6.45) is 0.392. The van der Waals surface area contributed by atoms with Gasteiger partial charge in [-0.05, 0) is 25.8 Å². The minimum Gasteiger partial charge on any atom is -0.481 e. The number of aliphatic carboxylic acids is 1. The molecular formula is C18H22N2O4S. The summed E-state index contributed by atoms with van der Waals surface area (Å²) in [7, 11) is 0. The third kappa shape index (κ3) is 5.94. The number of hydrogen-bond donors (Lipinski definition) is 2. The maximum Gasteiger partial charge on any atom is 0.308 e. The molecule has 0 spiro atoms. The number of rotatable bonds is 9. The highest BCUT2D eigenvalue weighted by molar-refractivity contribution is 7.99. The van der Waals surface area contributed by atoms with Crippen LogP contribution in [-0.2, 0) is 21.8 Å². The minimum absolute atomic E-state index is 0.120. The van der Waals surface area contributed by atoms with Crippen LogP contribution in [0.5, 0.6) is 0 Å². The zero-order valence-electron chi connectivity index (χ0n) is 14.3. The SMILES string of the molecule is Cc1noc(C)c1CSCC(=O)NCC(Cc1ccccc1)C(=O)O. The van der Waals surface area contributed by atoms with E-state index in [4.69, 9.17) is 4.52 Å². The Balaban J connectivity index is 1.76. The summed E-state index contributed by atoms with van der Waals surface area (Å²) in [5, 5.41) is 15.9. The van der Waals surface area contributed by atoms with Gasteiger partial charge in [0.25, 0.3) is 0 Å². The zero-order chi connectivity index (χ0) is 18.2. The first-order chi connectivity index (χ1) is 12.0. The second-order valence-corrected chi connectivity index (χ2v) is 6.81. The monoisotopic (exact) mass is 362 g/mol. The fourth-order valence-electron chi connectivity index (χ4n) is 2.39. The fraction of sp³-hybridized carbons (Fsp3) is 0.389. The van der Waals surface area contributed by atoms with Crippen molar-refractivity contribution in [2.75, 3.05) is 12.3 Å². The van der Waals surface area contributed by atoms with Gasteiger partial charge >= 0.3 is 5.97 Å². The molecule has 0 aliphatic rings. The average molecular weight is 362 g/mol. The molecule has 2 N–H and O–H groups in total. The van der Waals surface area contributed by atoms with Gasteiger partial charge in [0.05, 0.1) is 17.4 Å². The van der Waals surface area contributed by atoms with Crippen LogP contribution in [0.4, 0.5) is 0 Å². The summed E-state index contributed by atoms with van der Waals surface area (Å²) in [6.45, 7) is 3.83. The number of aromatic nitrogens is 1. The van der Waals surface area contributed by atoms with Gasteiger partial charge in [-0.1, -0.05) is 35.5 Å². The largest absolute Gasteiger partial charge is 0.481 e. The van der Waals surface area contributed by atoms with Crippen LogP contribution in [0.2, 0.25) is 0 Å². The van der Waals surface area contributed by atoms with Gasteiger partial charge in [0, 0.05) is 17.9 Å². The number of hydrogen-bond acceptors (Lipinski definition) is 5. The van der Waals surface area contributed by atoms with E-state index in [9.17, 15) is 14.7 Å². The smallest absolute Gasteiger partial charge is 0.308 e.